The van der Waals surface area contributed by atoms with E-state index in [1.807, 2.05) is 0 Å². The summed E-state index contributed by atoms with van der Waals surface area (Å²) in [6, 6.07) is 0. The fourth-order valence-corrected chi connectivity index (χ4v) is 4.15. The highest BCUT2D eigenvalue weighted by molar-refractivity contribution is 8.32. The molecule has 0 spiro atoms. The summed E-state index contributed by atoms with van der Waals surface area (Å²) >= 11 is 9.05. The van der Waals surface area contributed by atoms with Gasteiger partial charge in [0.05, 0.1) is 19.0 Å². The second-order valence-electron chi connectivity index (χ2n) is 5.68. The van der Waals surface area contributed by atoms with Crippen LogP contribution in [0.15, 0.2) is 11.1 Å². The summed E-state index contributed by atoms with van der Waals surface area (Å²) in [6.07, 6.45) is -1.30. The molecule has 0 bridgehead atoms. The van der Waals surface area contributed by atoms with Crippen LogP contribution in [0.5, 0.6) is 0 Å². The van der Waals surface area contributed by atoms with Crippen LogP contribution in [0.25, 0.3) is 11.2 Å². The van der Waals surface area contributed by atoms with Crippen molar-refractivity contribution in [1.82, 2.24) is 19.5 Å². The van der Waals surface area contributed by atoms with Gasteiger partial charge in [0.1, 0.15) is 19.1 Å². The molecule has 1 fully saturated rings. The SMILES string of the molecule is COP(=O)([S-])O[C@@H]1C[C@H](n2cnc3c(=O)[nH]c(N)nc32)O[C@@H]1COP([O-])(O)=S. The highest BCUT2D eigenvalue weighted by Crippen LogP contribution is 2.49. The molecule has 1 aliphatic heterocycles. The molecule has 0 radical (unpaired) electrons. The molecule has 2 aromatic heterocycles. The lowest BCUT2D eigenvalue weighted by atomic mass is 10.2. The van der Waals surface area contributed by atoms with Crippen molar-refractivity contribution in [3.63, 3.8) is 0 Å². The summed E-state index contributed by atoms with van der Waals surface area (Å²) in [6.45, 7) is -8.45. The van der Waals surface area contributed by atoms with Crippen LogP contribution >= 0.6 is 13.5 Å². The van der Waals surface area contributed by atoms with E-state index in [-0.39, 0.29) is 23.5 Å². The Labute approximate surface area is 168 Å². The highest BCUT2D eigenvalue weighted by Gasteiger charge is 2.40. The van der Waals surface area contributed by atoms with Gasteiger partial charge in [-0.15, -0.1) is 0 Å². The predicted molar refractivity (Wildman–Crippen MR) is 100 cm³/mol. The van der Waals surface area contributed by atoms with Crippen LogP contribution < -0.4 is 16.2 Å². The monoisotopic (exact) mass is 471 g/mol. The van der Waals surface area contributed by atoms with Crippen molar-refractivity contribution in [3.8, 4) is 0 Å². The van der Waals surface area contributed by atoms with Gasteiger partial charge in [0, 0.05) is 13.5 Å². The molecule has 0 aromatic carbocycles. The normalized spacial score (nSPS) is 26.9. The standard InChI is InChI=1S/C11H17N5O8P2S2/c1-21-26(20,28)24-5-2-7(23-6(5)3-22-25(18,19)27)16-4-13-8-9(16)14-11(12)15-10(8)17/h4-7H,2-3H2,1H3,(H,20,28)(H2,18,19,27)(H3,12,14,15,17)/p-2/t5-,6-,7-,26?/m1/s1. The van der Waals surface area contributed by atoms with Crippen LogP contribution in [0, 0.1) is 0 Å². The minimum atomic E-state index is -4.21. The van der Waals surface area contributed by atoms with E-state index in [0.717, 1.165) is 7.11 Å². The second kappa shape index (κ2) is 8.11. The summed E-state index contributed by atoms with van der Waals surface area (Å²) in [5.41, 5.74) is 5.22. The molecule has 28 heavy (non-hydrogen) atoms. The first-order chi connectivity index (χ1) is 13.0. The first-order valence-corrected chi connectivity index (χ1v) is 12.7. The topological polar surface area (TPSA) is 187 Å². The van der Waals surface area contributed by atoms with Gasteiger partial charge < -0.3 is 46.1 Å². The Morgan fingerprint density at radius 1 is 1.64 bits per heavy atom. The fourth-order valence-electron chi connectivity index (χ4n) is 2.66. The molecule has 17 heteroatoms. The smallest absolute Gasteiger partial charge is 0.280 e. The molecule has 0 amide bonds. The van der Waals surface area contributed by atoms with Crippen molar-refractivity contribution in [1.29, 1.82) is 0 Å². The van der Waals surface area contributed by atoms with Crippen LogP contribution in [0.1, 0.15) is 12.6 Å². The minimum Gasteiger partial charge on any atom is -0.780 e. The maximum Gasteiger partial charge on any atom is 0.280 e. The summed E-state index contributed by atoms with van der Waals surface area (Å²) in [5.74, 6) is -0.119. The molecule has 2 aromatic rings. The Balaban J connectivity index is 1.90. The number of anilines is 1. The quantitative estimate of drug-likeness (QED) is 0.339. The number of nitrogens with two attached hydrogens (primary N) is 1. The number of aromatic nitrogens is 4. The van der Waals surface area contributed by atoms with E-state index in [1.165, 1.54) is 10.9 Å². The van der Waals surface area contributed by atoms with E-state index in [4.69, 9.17) is 36.7 Å². The summed E-state index contributed by atoms with van der Waals surface area (Å²) in [5, 5.41) is 0. The molecule has 156 valence electrons. The second-order valence-corrected chi connectivity index (χ2v) is 11.1. The average Bonchev–Trinajstić information content (AvgIpc) is 3.16. The zero-order valence-corrected chi connectivity index (χ0v) is 17.6. The van der Waals surface area contributed by atoms with Crippen LogP contribution in [0.2, 0.25) is 0 Å². The van der Waals surface area contributed by atoms with Crippen molar-refractivity contribution < 1.29 is 32.7 Å². The number of nitrogens with zero attached hydrogens (tertiary/aromatic N) is 3. The zero-order chi connectivity index (χ0) is 20.7. The Hall–Kier alpha value is -0.860. The Bertz CT molecular complexity index is 1020. The van der Waals surface area contributed by atoms with E-state index in [1.54, 1.807) is 0 Å². The number of nitrogens with one attached hydrogen (secondary N) is 1. The molecular formula is C11H15N5O8P2S2-2. The van der Waals surface area contributed by atoms with E-state index < -0.39 is 44.1 Å². The van der Waals surface area contributed by atoms with E-state index in [9.17, 15) is 14.3 Å². The lowest BCUT2D eigenvalue weighted by molar-refractivity contribution is -0.204. The van der Waals surface area contributed by atoms with Gasteiger partial charge in [0.15, 0.2) is 18.0 Å². The molecule has 3 heterocycles. The molecule has 4 N–H and O–H groups in total. The third kappa shape index (κ3) is 5.00. The number of ether oxygens (including phenoxy) is 1. The molecule has 1 aliphatic rings. The predicted octanol–water partition coefficient (Wildman–Crippen LogP) is -0.730. The third-order valence-electron chi connectivity index (χ3n) is 3.83. The average molecular weight is 471 g/mol. The van der Waals surface area contributed by atoms with Gasteiger partial charge in [0.2, 0.25) is 5.95 Å². The lowest BCUT2D eigenvalue weighted by Crippen LogP contribution is -2.28. The highest BCUT2D eigenvalue weighted by atomic mass is 32.7. The van der Waals surface area contributed by atoms with E-state index in [0.29, 0.717) is 0 Å². The van der Waals surface area contributed by atoms with Crippen LogP contribution in [0.3, 0.4) is 0 Å². The molecule has 3 rings (SSSR count). The van der Waals surface area contributed by atoms with E-state index >= 15 is 0 Å². The molecule has 1 saturated heterocycles. The Kier molecular flexibility index (Phi) is 6.32. The lowest BCUT2D eigenvalue weighted by Gasteiger charge is -2.29. The number of nitrogen functional groups attached to an aromatic ring is 1. The van der Waals surface area contributed by atoms with Gasteiger partial charge in [-0.05, 0) is 0 Å². The fraction of sp³-hybridized carbons (Fsp3) is 0.545. The van der Waals surface area contributed by atoms with Crippen LogP contribution in [0.4, 0.5) is 5.95 Å². The van der Waals surface area contributed by atoms with Gasteiger partial charge in [-0.1, -0.05) is 11.8 Å². The number of imidazole rings is 1. The number of fused-ring (bicyclic) bond motifs is 1. The van der Waals surface area contributed by atoms with Crippen molar-refractivity contribution in [2.45, 2.75) is 24.9 Å². The molecule has 13 nitrogen and oxygen atoms in total. The first-order valence-electron chi connectivity index (χ1n) is 7.60. The summed E-state index contributed by atoms with van der Waals surface area (Å²) in [7, 11) is 1.13. The number of H-pyrrole nitrogens is 1. The van der Waals surface area contributed by atoms with Gasteiger partial charge in [-0.25, -0.2) is 4.98 Å². The molecule has 2 unspecified atom stereocenters. The number of hydrogen-bond donors (Lipinski definition) is 3. The number of hydrogen-bond acceptors (Lipinski definition) is 12. The van der Waals surface area contributed by atoms with Crippen molar-refractivity contribution in [2.75, 3.05) is 19.5 Å². The van der Waals surface area contributed by atoms with Gasteiger partial charge >= 0.3 is 0 Å². The summed E-state index contributed by atoms with van der Waals surface area (Å²) in [4.78, 5) is 42.7. The van der Waals surface area contributed by atoms with Crippen molar-refractivity contribution in [2.24, 2.45) is 0 Å². The Morgan fingerprint density at radius 2 is 2.36 bits per heavy atom. The Morgan fingerprint density at radius 3 is 3.00 bits per heavy atom. The third-order valence-corrected chi connectivity index (χ3v) is 6.30. The van der Waals surface area contributed by atoms with Crippen LogP contribution in [-0.4, -0.2) is 50.3 Å². The number of rotatable bonds is 7. The maximum atomic E-state index is 12.0. The molecule has 0 aliphatic carbocycles. The maximum absolute atomic E-state index is 12.0. The van der Waals surface area contributed by atoms with Gasteiger partial charge in [-0.3, -0.25) is 18.9 Å². The van der Waals surface area contributed by atoms with Gasteiger partial charge in [-0.2, -0.15) is 4.98 Å². The molecular weight excluding hydrogens is 456 g/mol. The van der Waals surface area contributed by atoms with Crippen molar-refractivity contribution in [3.05, 3.63) is 16.7 Å². The van der Waals surface area contributed by atoms with Gasteiger partial charge in [0.25, 0.3) is 5.56 Å². The largest absolute Gasteiger partial charge is 0.780 e. The minimum absolute atomic E-state index is 0.0335. The number of aromatic amines is 1. The van der Waals surface area contributed by atoms with Crippen molar-refractivity contribution >= 4 is 54.7 Å². The molecule has 0 saturated carbocycles. The van der Waals surface area contributed by atoms with Crippen LogP contribution in [-0.2, 0) is 46.9 Å². The zero-order valence-electron chi connectivity index (χ0n) is 14.2. The summed E-state index contributed by atoms with van der Waals surface area (Å²) < 4.78 is 33.9. The van der Waals surface area contributed by atoms with E-state index in [2.05, 4.69) is 31.3 Å². The molecule has 5 atom stereocenters. The first kappa shape index (κ1) is 21.8.